The molecule has 2 aromatic rings. The third-order valence-corrected chi connectivity index (χ3v) is 6.43. The lowest BCUT2D eigenvalue weighted by Gasteiger charge is -2.35. The molecule has 0 spiro atoms. The molecule has 1 saturated heterocycles. The molecule has 1 aliphatic heterocycles. The summed E-state index contributed by atoms with van der Waals surface area (Å²) in [5, 5.41) is 0. The van der Waals surface area contributed by atoms with Gasteiger partial charge in [-0.3, -0.25) is 9.80 Å². The van der Waals surface area contributed by atoms with Crippen molar-refractivity contribution in [2.45, 2.75) is 44.6 Å². The Kier molecular flexibility index (Phi) is 11.0. The van der Waals surface area contributed by atoms with Crippen LogP contribution in [0.25, 0.3) is 6.08 Å². The number of halogens is 2. The largest absolute Gasteiger partial charge is 0.297 e. The molecule has 0 aromatic heterocycles. The molecule has 164 valence electrons. The minimum absolute atomic E-state index is 0. The first-order valence-electron chi connectivity index (χ1n) is 11.1. The van der Waals surface area contributed by atoms with Gasteiger partial charge in [-0.2, -0.15) is 0 Å². The first-order valence-corrected chi connectivity index (χ1v) is 11.1. The van der Waals surface area contributed by atoms with Gasteiger partial charge in [0.2, 0.25) is 0 Å². The highest BCUT2D eigenvalue weighted by Gasteiger charge is 2.21. The third kappa shape index (κ3) is 7.13. The van der Waals surface area contributed by atoms with E-state index in [0.29, 0.717) is 0 Å². The SMILES string of the molecule is C(=Cc1ccccc1)CN1CCN(Cc2ccccc2C2CCCCC2)CC1.Cl.Cl. The van der Waals surface area contributed by atoms with E-state index < -0.39 is 0 Å². The zero-order chi connectivity index (χ0) is 19.0. The van der Waals surface area contributed by atoms with Gasteiger partial charge in [-0.15, -0.1) is 24.8 Å². The van der Waals surface area contributed by atoms with Gasteiger partial charge in [-0.05, 0) is 35.4 Å². The highest BCUT2D eigenvalue weighted by Crippen LogP contribution is 2.34. The topological polar surface area (TPSA) is 6.48 Å². The standard InChI is InChI=1S/C26H34N2.2ClH/c1-3-10-23(11-4-1)12-9-17-27-18-20-28(21-19-27)22-25-15-7-8-16-26(25)24-13-5-2-6-14-24;;/h1,3-4,7-12,15-16,24H,2,5-6,13-14,17-22H2;2*1H. The van der Waals surface area contributed by atoms with E-state index in [-0.39, 0.29) is 24.8 Å². The number of hydrogen-bond donors (Lipinski definition) is 0. The molecular formula is C26H36Cl2N2. The van der Waals surface area contributed by atoms with Crippen molar-refractivity contribution >= 4 is 30.9 Å². The quantitative estimate of drug-likeness (QED) is 0.505. The zero-order valence-corrected chi connectivity index (χ0v) is 19.6. The molecule has 0 bridgehead atoms. The summed E-state index contributed by atoms with van der Waals surface area (Å²) >= 11 is 0. The van der Waals surface area contributed by atoms with Crippen LogP contribution in [0.3, 0.4) is 0 Å². The van der Waals surface area contributed by atoms with Gasteiger partial charge in [0.05, 0.1) is 0 Å². The Balaban J connectivity index is 0.00000160. The second-order valence-electron chi connectivity index (χ2n) is 8.42. The van der Waals surface area contributed by atoms with Crippen molar-refractivity contribution in [3.8, 4) is 0 Å². The van der Waals surface area contributed by atoms with E-state index in [1.807, 2.05) is 0 Å². The van der Waals surface area contributed by atoms with Crippen molar-refractivity contribution in [3.63, 3.8) is 0 Å². The maximum Gasteiger partial charge on any atom is 0.0237 e. The second kappa shape index (κ2) is 13.2. The number of nitrogens with zero attached hydrogens (tertiary/aromatic N) is 2. The van der Waals surface area contributed by atoms with Gasteiger partial charge in [-0.25, -0.2) is 0 Å². The van der Waals surface area contributed by atoms with Crippen LogP contribution in [0.5, 0.6) is 0 Å². The normalized spacial score (nSPS) is 18.7. The summed E-state index contributed by atoms with van der Waals surface area (Å²) < 4.78 is 0. The summed E-state index contributed by atoms with van der Waals surface area (Å²) in [7, 11) is 0. The van der Waals surface area contributed by atoms with Gasteiger partial charge in [0, 0.05) is 39.3 Å². The van der Waals surface area contributed by atoms with Gasteiger partial charge in [0.1, 0.15) is 0 Å². The number of hydrogen-bond acceptors (Lipinski definition) is 2. The maximum absolute atomic E-state index is 2.65. The molecular weight excluding hydrogens is 411 g/mol. The van der Waals surface area contributed by atoms with E-state index in [1.54, 1.807) is 11.1 Å². The van der Waals surface area contributed by atoms with Crippen LogP contribution < -0.4 is 0 Å². The first kappa shape index (κ1) is 24.9. The van der Waals surface area contributed by atoms with E-state index in [9.17, 15) is 0 Å². The van der Waals surface area contributed by atoms with Crippen LogP contribution in [0.4, 0.5) is 0 Å². The van der Waals surface area contributed by atoms with E-state index in [1.165, 1.54) is 63.8 Å². The predicted molar refractivity (Wildman–Crippen MR) is 134 cm³/mol. The van der Waals surface area contributed by atoms with Crippen molar-refractivity contribution in [2.75, 3.05) is 32.7 Å². The highest BCUT2D eigenvalue weighted by molar-refractivity contribution is 5.85. The van der Waals surface area contributed by atoms with Crippen LogP contribution in [-0.2, 0) is 6.54 Å². The molecule has 0 unspecified atom stereocenters. The van der Waals surface area contributed by atoms with E-state index >= 15 is 0 Å². The van der Waals surface area contributed by atoms with Crippen LogP contribution >= 0.6 is 24.8 Å². The molecule has 4 rings (SSSR count). The Labute approximate surface area is 195 Å². The summed E-state index contributed by atoms with van der Waals surface area (Å²) in [5.74, 6) is 0.800. The number of rotatable bonds is 6. The monoisotopic (exact) mass is 446 g/mol. The molecule has 2 nitrogen and oxygen atoms in total. The summed E-state index contributed by atoms with van der Waals surface area (Å²) in [6.45, 7) is 6.88. The average molecular weight is 447 g/mol. The number of piperazine rings is 1. The minimum Gasteiger partial charge on any atom is -0.297 e. The molecule has 2 aliphatic rings. The third-order valence-electron chi connectivity index (χ3n) is 6.43. The first-order chi connectivity index (χ1) is 13.9. The Hall–Kier alpha value is -1.32. The molecule has 1 saturated carbocycles. The minimum atomic E-state index is 0. The molecule has 1 aliphatic carbocycles. The fourth-order valence-corrected chi connectivity index (χ4v) is 4.76. The fourth-order valence-electron chi connectivity index (χ4n) is 4.76. The van der Waals surface area contributed by atoms with Crippen molar-refractivity contribution in [1.82, 2.24) is 9.80 Å². The molecule has 30 heavy (non-hydrogen) atoms. The molecule has 0 radical (unpaired) electrons. The van der Waals surface area contributed by atoms with Gasteiger partial charge in [0.15, 0.2) is 0 Å². The van der Waals surface area contributed by atoms with Gasteiger partial charge >= 0.3 is 0 Å². The summed E-state index contributed by atoms with van der Waals surface area (Å²) in [4.78, 5) is 5.22. The van der Waals surface area contributed by atoms with Crippen molar-refractivity contribution in [3.05, 3.63) is 77.4 Å². The van der Waals surface area contributed by atoms with Crippen LogP contribution in [0.1, 0.15) is 54.7 Å². The fraction of sp³-hybridized carbons (Fsp3) is 0.462. The molecule has 2 fully saturated rings. The maximum atomic E-state index is 2.65. The average Bonchev–Trinajstić information content (AvgIpc) is 2.77. The van der Waals surface area contributed by atoms with Crippen molar-refractivity contribution < 1.29 is 0 Å². The van der Waals surface area contributed by atoms with Crippen LogP contribution in [-0.4, -0.2) is 42.5 Å². The summed E-state index contributed by atoms with van der Waals surface area (Å²) in [6.07, 6.45) is 11.6. The highest BCUT2D eigenvalue weighted by atomic mass is 35.5. The van der Waals surface area contributed by atoms with Gasteiger partial charge in [-0.1, -0.05) is 86.0 Å². The zero-order valence-electron chi connectivity index (χ0n) is 17.9. The Bertz CT molecular complexity index is 749. The lowest BCUT2D eigenvalue weighted by molar-refractivity contribution is 0.136. The molecule has 0 N–H and O–H groups in total. The van der Waals surface area contributed by atoms with Crippen molar-refractivity contribution in [2.24, 2.45) is 0 Å². The predicted octanol–water partition coefficient (Wildman–Crippen LogP) is 6.41. The van der Waals surface area contributed by atoms with Gasteiger partial charge < -0.3 is 0 Å². The summed E-state index contributed by atoms with van der Waals surface area (Å²) in [5.41, 5.74) is 4.50. The molecule has 0 atom stereocenters. The lowest BCUT2D eigenvalue weighted by atomic mass is 9.82. The van der Waals surface area contributed by atoms with Crippen LogP contribution in [0.15, 0.2) is 60.7 Å². The second-order valence-corrected chi connectivity index (χ2v) is 8.42. The van der Waals surface area contributed by atoms with E-state index in [4.69, 9.17) is 0 Å². The molecule has 4 heteroatoms. The molecule has 0 amide bonds. The van der Waals surface area contributed by atoms with E-state index in [2.05, 4.69) is 76.5 Å². The van der Waals surface area contributed by atoms with Gasteiger partial charge in [0.25, 0.3) is 0 Å². The smallest absolute Gasteiger partial charge is 0.0237 e. The molecule has 1 heterocycles. The molecule has 2 aromatic carbocycles. The van der Waals surface area contributed by atoms with Crippen molar-refractivity contribution in [1.29, 1.82) is 0 Å². The summed E-state index contributed by atoms with van der Waals surface area (Å²) in [6, 6.07) is 19.8. The number of benzene rings is 2. The lowest BCUT2D eigenvalue weighted by Crippen LogP contribution is -2.45. The van der Waals surface area contributed by atoms with E-state index in [0.717, 1.165) is 19.0 Å². The van der Waals surface area contributed by atoms with Crippen LogP contribution in [0.2, 0.25) is 0 Å². The Morgan fingerprint density at radius 1 is 0.733 bits per heavy atom. The Morgan fingerprint density at radius 2 is 1.37 bits per heavy atom. The Morgan fingerprint density at radius 3 is 2.10 bits per heavy atom. The van der Waals surface area contributed by atoms with Crippen LogP contribution in [0, 0.1) is 0 Å².